The van der Waals surface area contributed by atoms with Gasteiger partial charge in [0.1, 0.15) is 5.75 Å². The summed E-state index contributed by atoms with van der Waals surface area (Å²) in [6.45, 7) is 1.07. The number of ether oxygens (including phenoxy) is 1. The minimum Gasteiger partial charge on any atom is -0.482 e. The number of carboxylic acids is 1. The fraction of sp³-hybridized carbons (Fsp3) is 0.217. The molecule has 0 bridgehead atoms. The van der Waals surface area contributed by atoms with Crippen molar-refractivity contribution in [3.05, 3.63) is 89.2 Å². The maximum atomic E-state index is 12.6. The fourth-order valence-corrected chi connectivity index (χ4v) is 4.30. The lowest BCUT2D eigenvalue weighted by Crippen LogP contribution is -2.34. The van der Waals surface area contributed by atoms with Crippen LogP contribution in [-0.4, -0.2) is 49.1 Å². The summed E-state index contributed by atoms with van der Waals surface area (Å²) in [4.78, 5) is 17.2. The molecule has 0 saturated carbocycles. The minimum atomic E-state index is -3.68. The average molecular weight is 490 g/mol. The van der Waals surface area contributed by atoms with Crippen molar-refractivity contribution < 1.29 is 23.1 Å². The molecule has 174 valence electrons. The molecule has 0 unspecified atom stereocenters. The summed E-state index contributed by atoms with van der Waals surface area (Å²) in [6, 6.07) is 16.9. The first-order valence-corrected chi connectivity index (χ1v) is 12.0. The number of carboxylic acid groups (broad SMARTS) is 1. The van der Waals surface area contributed by atoms with E-state index in [2.05, 4.69) is 9.71 Å². The van der Waals surface area contributed by atoms with E-state index in [0.29, 0.717) is 30.4 Å². The molecule has 0 aliphatic carbocycles. The molecule has 3 aromatic rings. The van der Waals surface area contributed by atoms with Crippen molar-refractivity contribution in [1.82, 2.24) is 14.6 Å². The number of pyridine rings is 1. The summed E-state index contributed by atoms with van der Waals surface area (Å²) < 4.78 is 33.2. The van der Waals surface area contributed by atoms with Gasteiger partial charge in [0.05, 0.1) is 4.90 Å². The van der Waals surface area contributed by atoms with E-state index in [9.17, 15) is 13.2 Å². The molecule has 0 amide bonds. The summed E-state index contributed by atoms with van der Waals surface area (Å²) in [7, 11) is -3.68. The number of para-hydroxylation sites is 1. The van der Waals surface area contributed by atoms with Crippen molar-refractivity contribution in [2.75, 3.05) is 19.7 Å². The van der Waals surface area contributed by atoms with E-state index in [1.54, 1.807) is 24.5 Å². The van der Waals surface area contributed by atoms with Crippen LogP contribution in [-0.2, 0) is 27.9 Å². The second-order valence-corrected chi connectivity index (χ2v) is 9.42. The third-order valence-electron chi connectivity index (χ3n) is 4.69. The minimum absolute atomic E-state index is 0.137. The quantitative estimate of drug-likeness (QED) is 0.402. The molecule has 0 aliphatic heterocycles. The zero-order valence-corrected chi connectivity index (χ0v) is 19.3. The van der Waals surface area contributed by atoms with Crippen molar-refractivity contribution in [3.63, 3.8) is 0 Å². The molecule has 1 aromatic heterocycles. The van der Waals surface area contributed by atoms with Gasteiger partial charge in [0.15, 0.2) is 6.61 Å². The van der Waals surface area contributed by atoms with Gasteiger partial charge < -0.3 is 9.84 Å². The van der Waals surface area contributed by atoms with E-state index in [1.165, 1.54) is 24.3 Å². The molecule has 1 heterocycles. The van der Waals surface area contributed by atoms with E-state index in [-0.39, 0.29) is 11.4 Å². The Bertz CT molecular complexity index is 1160. The number of hydrogen-bond donors (Lipinski definition) is 2. The summed E-state index contributed by atoms with van der Waals surface area (Å²) in [5.41, 5.74) is 1.75. The second kappa shape index (κ2) is 11.8. The lowest BCUT2D eigenvalue weighted by molar-refractivity contribution is -0.139. The van der Waals surface area contributed by atoms with Crippen molar-refractivity contribution in [3.8, 4) is 5.75 Å². The zero-order valence-electron chi connectivity index (χ0n) is 17.7. The van der Waals surface area contributed by atoms with E-state index >= 15 is 0 Å². The maximum Gasteiger partial charge on any atom is 0.341 e. The molecule has 0 fully saturated rings. The molecule has 3 rings (SSSR count). The Morgan fingerprint density at radius 2 is 1.82 bits per heavy atom. The lowest BCUT2D eigenvalue weighted by atomic mass is 10.1. The first-order chi connectivity index (χ1) is 15.8. The summed E-state index contributed by atoms with van der Waals surface area (Å²) in [5, 5.41) is 9.39. The molecule has 0 radical (unpaired) electrons. The Hall–Kier alpha value is -2.98. The molecular weight excluding hydrogens is 466 g/mol. The summed E-state index contributed by atoms with van der Waals surface area (Å²) in [6.07, 6.45) is 3.43. The van der Waals surface area contributed by atoms with Crippen LogP contribution in [0.25, 0.3) is 0 Å². The van der Waals surface area contributed by atoms with Gasteiger partial charge in [-0.25, -0.2) is 17.9 Å². The molecule has 0 saturated heterocycles. The van der Waals surface area contributed by atoms with Crippen molar-refractivity contribution in [2.45, 2.75) is 18.0 Å². The number of rotatable bonds is 12. The van der Waals surface area contributed by atoms with Crippen molar-refractivity contribution in [1.29, 1.82) is 0 Å². The van der Waals surface area contributed by atoms with Crippen LogP contribution in [0.5, 0.6) is 5.75 Å². The van der Waals surface area contributed by atoms with Crippen LogP contribution in [0.2, 0.25) is 5.02 Å². The van der Waals surface area contributed by atoms with Gasteiger partial charge in [-0.05, 0) is 42.0 Å². The number of halogens is 1. The Kier molecular flexibility index (Phi) is 8.79. The molecule has 2 aromatic carbocycles. The monoisotopic (exact) mass is 489 g/mol. The predicted molar refractivity (Wildman–Crippen MR) is 125 cm³/mol. The normalized spacial score (nSPS) is 11.5. The molecule has 33 heavy (non-hydrogen) atoms. The maximum absolute atomic E-state index is 12.6. The van der Waals surface area contributed by atoms with Crippen LogP contribution in [0.3, 0.4) is 0 Å². The third kappa shape index (κ3) is 7.83. The van der Waals surface area contributed by atoms with Crippen LogP contribution in [0, 0.1) is 0 Å². The fourth-order valence-electron chi connectivity index (χ4n) is 3.15. The summed E-state index contributed by atoms with van der Waals surface area (Å²) in [5.74, 6) is -0.591. The van der Waals surface area contributed by atoms with Crippen LogP contribution in [0.4, 0.5) is 0 Å². The Labute approximate surface area is 197 Å². The number of aromatic nitrogens is 1. The number of sulfonamides is 1. The van der Waals surface area contributed by atoms with Crippen LogP contribution < -0.4 is 9.46 Å². The Balaban J connectivity index is 1.71. The van der Waals surface area contributed by atoms with E-state index < -0.39 is 22.6 Å². The van der Waals surface area contributed by atoms with Gasteiger partial charge in [0, 0.05) is 49.2 Å². The number of nitrogens with one attached hydrogen (secondary N) is 1. The Morgan fingerprint density at radius 1 is 1.06 bits per heavy atom. The lowest BCUT2D eigenvalue weighted by Gasteiger charge is -2.24. The van der Waals surface area contributed by atoms with Crippen LogP contribution >= 0.6 is 11.6 Å². The first-order valence-electron chi connectivity index (χ1n) is 10.1. The molecule has 10 heteroatoms. The van der Waals surface area contributed by atoms with E-state index in [1.807, 2.05) is 29.2 Å². The largest absolute Gasteiger partial charge is 0.482 e. The second-order valence-electron chi connectivity index (χ2n) is 7.21. The molecule has 0 atom stereocenters. The van der Waals surface area contributed by atoms with E-state index in [0.717, 1.165) is 11.1 Å². The highest BCUT2D eigenvalue weighted by Crippen LogP contribution is 2.21. The van der Waals surface area contributed by atoms with Gasteiger partial charge in [-0.3, -0.25) is 9.88 Å². The average Bonchev–Trinajstić information content (AvgIpc) is 2.79. The molecule has 2 N–H and O–H groups in total. The number of hydrogen-bond acceptors (Lipinski definition) is 6. The standard InChI is InChI=1S/C23H24ClN3O5S/c24-20-7-9-21(10-8-20)33(30,31)26-12-13-27(15-18-4-3-11-25-14-18)16-19-5-1-2-6-22(19)32-17-23(28)29/h1-11,14,26H,12-13,15-17H2,(H,28,29). The van der Waals surface area contributed by atoms with Gasteiger partial charge in [0.2, 0.25) is 10.0 Å². The Morgan fingerprint density at radius 3 is 2.52 bits per heavy atom. The summed E-state index contributed by atoms with van der Waals surface area (Å²) >= 11 is 5.84. The smallest absolute Gasteiger partial charge is 0.341 e. The van der Waals surface area contributed by atoms with E-state index in [4.69, 9.17) is 21.4 Å². The van der Waals surface area contributed by atoms with Crippen LogP contribution in [0.1, 0.15) is 11.1 Å². The van der Waals surface area contributed by atoms with Gasteiger partial charge in [0.25, 0.3) is 0 Å². The number of carbonyl (C=O) groups is 1. The molecule has 0 spiro atoms. The van der Waals surface area contributed by atoms with Gasteiger partial charge >= 0.3 is 5.97 Å². The number of nitrogens with zero attached hydrogens (tertiary/aromatic N) is 2. The van der Waals surface area contributed by atoms with Crippen molar-refractivity contribution >= 4 is 27.6 Å². The van der Waals surface area contributed by atoms with Crippen molar-refractivity contribution in [2.24, 2.45) is 0 Å². The zero-order chi connectivity index (χ0) is 23.7. The number of aliphatic carboxylic acids is 1. The molecule has 8 nitrogen and oxygen atoms in total. The number of benzene rings is 2. The predicted octanol–water partition coefficient (Wildman–Crippen LogP) is 3.18. The molecular formula is C23H24ClN3O5S. The topological polar surface area (TPSA) is 109 Å². The highest BCUT2D eigenvalue weighted by molar-refractivity contribution is 7.89. The highest BCUT2D eigenvalue weighted by atomic mass is 35.5. The van der Waals surface area contributed by atoms with Gasteiger partial charge in [-0.15, -0.1) is 0 Å². The molecule has 0 aliphatic rings. The SMILES string of the molecule is O=C(O)COc1ccccc1CN(CCNS(=O)(=O)c1ccc(Cl)cc1)Cc1cccnc1. The van der Waals surface area contributed by atoms with Gasteiger partial charge in [-0.2, -0.15) is 0 Å². The van der Waals surface area contributed by atoms with Gasteiger partial charge in [-0.1, -0.05) is 35.9 Å². The van der Waals surface area contributed by atoms with Crippen LogP contribution in [0.15, 0.2) is 78.0 Å². The highest BCUT2D eigenvalue weighted by Gasteiger charge is 2.16. The third-order valence-corrected chi connectivity index (χ3v) is 6.42. The first kappa shape index (κ1) is 24.7.